The topological polar surface area (TPSA) is 66.4 Å². The highest BCUT2D eigenvalue weighted by Crippen LogP contribution is 2.21. The number of halogens is 1. The van der Waals surface area contributed by atoms with Gasteiger partial charge in [-0.25, -0.2) is 17.5 Å². The lowest BCUT2D eigenvalue weighted by atomic mass is 10.2. The van der Waals surface area contributed by atoms with Crippen LogP contribution in [0.2, 0.25) is 0 Å². The zero-order valence-electron chi connectivity index (χ0n) is 9.60. The fraction of sp³-hybridized carbons (Fsp3) is 0.455. The Bertz CT molecular complexity index is 527. The van der Waals surface area contributed by atoms with E-state index in [1.54, 1.807) is 11.8 Å². The lowest BCUT2D eigenvalue weighted by Gasteiger charge is -2.13. The number of hydrogen-bond acceptors (Lipinski definition) is 4. The number of hydrogen-bond donors (Lipinski definition) is 2. The van der Waals surface area contributed by atoms with Crippen LogP contribution in [0.1, 0.15) is 12.0 Å². The van der Waals surface area contributed by atoms with E-state index in [0.29, 0.717) is 11.3 Å². The molecule has 0 amide bonds. The average Bonchev–Trinajstić information content (AvgIpc) is 2.81. The van der Waals surface area contributed by atoms with Gasteiger partial charge >= 0.3 is 0 Å². The Labute approximate surface area is 110 Å². The summed E-state index contributed by atoms with van der Waals surface area (Å²) < 4.78 is 40.1. The third-order valence-corrected chi connectivity index (χ3v) is 5.42. The molecule has 0 spiro atoms. The highest BCUT2D eigenvalue weighted by atomic mass is 32.2. The van der Waals surface area contributed by atoms with E-state index in [9.17, 15) is 12.8 Å². The molecule has 2 N–H and O–H groups in total. The van der Waals surface area contributed by atoms with E-state index in [0.717, 1.165) is 18.2 Å². The maximum Gasteiger partial charge on any atom is 0.243 e. The maximum absolute atomic E-state index is 13.6. The van der Waals surface area contributed by atoms with Crippen LogP contribution in [0.25, 0.3) is 0 Å². The summed E-state index contributed by atoms with van der Waals surface area (Å²) in [5.41, 5.74) is 0.373. The van der Waals surface area contributed by atoms with Crippen molar-refractivity contribution in [1.29, 1.82) is 0 Å². The summed E-state index contributed by atoms with van der Waals surface area (Å²) in [6.07, 6.45) is 0.755. The quantitative estimate of drug-likeness (QED) is 0.872. The molecule has 0 bridgehead atoms. The first-order valence-electron chi connectivity index (χ1n) is 5.52. The van der Waals surface area contributed by atoms with Crippen molar-refractivity contribution in [1.82, 2.24) is 4.72 Å². The van der Waals surface area contributed by atoms with E-state index in [1.165, 1.54) is 12.1 Å². The number of aliphatic hydroxyl groups excluding tert-OH is 1. The Kier molecular flexibility index (Phi) is 4.26. The Hall–Kier alpha value is -0.630. The molecule has 1 unspecified atom stereocenters. The molecule has 1 aliphatic heterocycles. The minimum absolute atomic E-state index is 0.141. The van der Waals surface area contributed by atoms with Crippen molar-refractivity contribution in [2.45, 2.75) is 24.0 Å². The largest absolute Gasteiger partial charge is 0.392 e. The molecular weight excluding hydrogens is 277 g/mol. The summed E-state index contributed by atoms with van der Waals surface area (Å²) >= 11 is 1.67. The van der Waals surface area contributed by atoms with Crippen molar-refractivity contribution in [3.63, 3.8) is 0 Å². The summed E-state index contributed by atoms with van der Waals surface area (Å²) in [6.45, 7) is -0.317. The van der Waals surface area contributed by atoms with Gasteiger partial charge < -0.3 is 5.11 Å². The van der Waals surface area contributed by atoms with Gasteiger partial charge in [-0.3, -0.25) is 0 Å². The number of sulfonamides is 1. The number of benzene rings is 1. The van der Waals surface area contributed by atoms with Crippen molar-refractivity contribution in [2.75, 3.05) is 11.5 Å². The zero-order valence-corrected chi connectivity index (χ0v) is 11.2. The summed E-state index contributed by atoms with van der Waals surface area (Å²) in [4.78, 5) is -0.397. The second kappa shape index (κ2) is 5.56. The standard InChI is InChI=1S/C11H14FNO3S2/c12-10-2-1-8(6-14)5-11(10)18(15,16)13-9-3-4-17-7-9/h1-2,5,9,13-14H,3-4,6-7H2. The maximum atomic E-state index is 13.6. The Morgan fingerprint density at radius 3 is 2.89 bits per heavy atom. The second-order valence-electron chi connectivity index (χ2n) is 4.10. The van der Waals surface area contributed by atoms with Gasteiger partial charge in [0.2, 0.25) is 10.0 Å². The summed E-state index contributed by atoms with van der Waals surface area (Å²) in [7, 11) is -3.86. The van der Waals surface area contributed by atoms with Crippen LogP contribution in [0.4, 0.5) is 4.39 Å². The van der Waals surface area contributed by atoms with Gasteiger partial charge in [0.15, 0.2) is 0 Å². The fourth-order valence-corrected chi connectivity index (χ4v) is 4.42. The number of rotatable bonds is 4. The van der Waals surface area contributed by atoms with Gasteiger partial charge in [0.05, 0.1) is 6.61 Å². The van der Waals surface area contributed by atoms with Crippen LogP contribution in [-0.2, 0) is 16.6 Å². The summed E-state index contributed by atoms with van der Waals surface area (Å²) in [5.74, 6) is 0.817. The molecular formula is C11H14FNO3S2. The third kappa shape index (κ3) is 3.03. The summed E-state index contributed by atoms with van der Waals surface area (Å²) in [5, 5.41) is 8.96. The van der Waals surface area contributed by atoms with E-state index in [2.05, 4.69) is 4.72 Å². The van der Waals surface area contributed by atoms with Crippen LogP contribution in [0.15, 0.2) is 23.1 Å². The molecule has 1 saturated heterocycles. The molecule has 1 aromatic rings. The van der Waals surface area contributed by atoms with Crippen molar-refractivity contribution >= 4 is 21.8 Å². The predicted octanol–water partition coefficient (Wildman–Crippen LogP) is 1.10. The van der Waals surface area contributed by atoms with Crippen molar-refractivity contribution < 1.29 is 17.9 Å². The van der Waals surface area contributed by atoms with Crippen LogP contribution >= 0.6 is 11.8 Å². The number of aliphatic hydroxyl groups is 1. The smallest absolute Gasteiger partial charge is 0.243 e. The molecule has 0 saturated carbocycles. The van der Waals surface area contributed by atoms with Crippen molar-refractivity contribution in [3.05, 3.63) is 29.6 Å². The first-order valence-corrected chi connectivity index (χ1v) is 8.16. The molecule has 18 heavy (non-hydrogen) atoms. The predicted molar refractivity (Wildman–Crippen MR) is 68.4 cm³/mol. The van der Waals surface area contributed by atoms with Gasteiger partial charge in [0.1, 0.15) is 10.7 Å². The monoisotopic (exact) mass is 291 g/mol. The molecule has 1 atom stereocenters. The Morgan fingerprint density at radius 2 is 2.28 bits per heavy atom. The fourth-order valence-electron chi connectivity index (χ4n) is 1.76. The van der Waals surface area contributed by atoms with Crippen molar-refractivity contribution in [2.24, 2.45) is 0 Å². The van der Waals surface area contributed by atoms with Crippen LogP contribution < -0.4 is 4.72 Å². The highest BCUT2D eigenvalue weighted by molar-refractivity contribution is 7.99. The molecule has 1 fully saturated rings. The molecule has 0 aromatic heterocycles. The molecule has 0 aliphatic carbocycles. The van der Waals surface area contributed by atoms with E-state index in [1.807, 2.05) is 0 Å². The van der Waals surface area contributed by atoms with Crippen LogP contribution in [-0.4, -0.2) is 31.1 Å². The van der Waals surface area contributed by atoms with Crippen LogP contribution in [0.5, 0.6) is 0 Å². The lowest BCUT2D eigenvalue weighted by molar-refractivity contribution is 0.281. The zero-order chi connectivity index (χ0) is 13.2. The molecule has 2 rings (SSSR count). The van der Waals surface area contributed by atoms with E-state index >= 15 is 0 Å². The molecule has 1 heterocycles. The van der Waals surface area contributed by atoms with Crippen LogP contribution in [0.3, 0.4) is 0 Å². The molecule has 1 aliphatic rings. The van der Waals surface area contributed by atoms with Gasteiger partial charge in [-0.2, -0.15) is 11.8 Å². The lowest BCUT2D eigenvalue weighted by Crippen LogP contribution is -2.35. The first-order chi connectivity index (χ1) is 8.53. The molecule has 1 aromatic carbocycles. The molecule has 7 heteroatoms. The van der Waals surface area contributed by atoms with Crippen LogP contribution in [0, 0.1) is 5.82 Å². The SMILES string of the molecule is O=S(=O)(NC1CCSC1)c1cc(CO)ccc1F. The van der Waals surface area contributed by atoms with E-state index < -0.39 is 20.7 Å². The first kappa shape index (κ1) is 13.8. The molecule has 4 nitrogen and oxygen atoms in total. The molecule has 100 valence electrons. The molecule has 0 radical (unpaired) electrons. The van der Waals surface area contributed by atoms with E-state index in [4.69, 9.17) is 5.11 Å². The minimum atomic E-state index is -3.86. The Morgan fingerprint density at radius 1 is 1.50 bits per heavy atom. The van der Waals surface area contributed by atoms with Crippen molar-refractivity contribution in [3.8, 4) is 0 Å². The van der Waals surface area contributed by atoms with Gasteiger partial charge in [-0.1, -0.05) is 6.07 Å². The Balaban J connectivity index is 2.27. The third-order valence-electron chi connectivity index (χ3n) is 2.72. The summed E-state index contributed by atoms with van der Waals surface area (Å²) in [6, 6.07) is 3.44. The minimum Gasteiger partial charge on any atom is -0.392 e. The van der Waals surface area contributed by atoms with Gasteiger partial charge in [-0.05, 0) is 29.9 Å². The van der Waals surface area contributed by atoms with E-state index in [-0.39, 0.29) is 12.6 Å². The number of thioether (sulfide) groups is 1. The average molecular weight is 291 g/mol. The normalized spacial score (nSPS) is 20.2. The van der Waals surface area contributed by atoms with Gasteiger partial charge in [-0.15, -0.1) is 0 Å². The van der Waals surface area contributed by atoms with Gasteiger partial charge in [0, 0.05) is 11.8 Å². The number of nitrogens with one attached hydrogen (secondary N) is 1. The van der Waals surface area contributed by atoms with Gasteiger partial charge in [0.25, 0.3) is 0 Å². The highest BCUT2D eigenvalue weighted by Gasteiger charge is 2.25. The second-order valence-corrected chi connectivity index (χ2v) is 6.94.